The number of amides is 1. The molecule has 0 saturated carbocycles. The van der Waals surface area contributed by atoms with Crippen molar-refractivity contribution >= 4 is 32.6 Å². The number of benzene rings is 3. The highest BCUT2D eigenvalue weighted by Crippen LogP contribution is 2.28. The molecule has 1 saturated heterocycles. The Kier molecular flexibility index (Phi) is 6.05. The molecule has 1 amide bonds. The molecule has 4 rings (SSSR count). The van der Waals surface area contributed by atoms with E-state index in [0.717, 1.165) is 30.8 Å². The van der Waals surface area contributed by atoms with Crippen LogP contribution >= 0.6 is 15.9 Å². The molecule has 0 unspecified atom stereocenters. The lowest BCUT2D eigenvalue weighted by molar-refractivity contribution is 0.0165. The third-order valence-corrected chi connectivity index (χ3v) is 5.70. The molecule has 1 heterocycles. The number of nitrogens with zero attached hydrogens (tertiary/aromatic N) is 1. The number of hydrogen-bond acceptors (Lipinski definition) is 3. The highest BCUT2D eigenvalue weighted by molar-refractivity contribution is 9.10. The van der Waals surface area contributed by atoms with Gasteiger partial charge in [0.2, 0.25) is 0 Å². The highest BCUT2D eigenvalue weighted by Gasteiger charge is 2.24. The number of carbonyl (C=O) groups excluding carboxylic acids is 1. The predicted molar refractivity (Wildman–Crippen MR) is 116 cm³/mol. The molecule has 5 heteroatoms. The summed E-state index contributed by atoms with van der Waals surface area (Å²) in [7, 11) is 0. The van der Waals surface area contributed by atoms with Gasteiger partial charge in [-0.1, -0.05) is 64.5 Å². The van der Waals surface area contributed by atoms with Crippen molar-refractivity contribution < 1.29 is 9.53 Å². The highest BCUT2D eigenvalue weighted by atomic mass is 79.9. The molecule has 1 aliphatic rings. The molecule has 3 aromatic carbocycles. The summed E-state index contributed by atoms with van der Waals surface area (Å²) in [4.78, 5) is 15.1. The van der Waals surface area contributed by atoms with Gasteiger partial charge in [0.15, 0.2) is 0 Å². The van der Waals surface area contributed by atoms with Gasteiger partial charge in [-0.25, -0.2) is 0 Å². The summed E-state index contributed by atoms with van der Waals surface area (Å²) in [5.74, 6) is -0.0557. The summed E-state index contributed by atoms with van der Waals surface area (Å²) in [6.07, 6.45) is 0. The van der Waals surface area contributed by atoms with Gasteiger partial charge in [-0.3, -0.25) is 9.69 Å². The van der Waals surface area contributed by atoms with E-state index in [0.29, 0.717) is 12.1 Å². The number of halogens is 1. The van der Waals surface area contributed by atoms with Gasteiger partial charge < -0.3 is 10.1 Å². The summed E-state index contributed by atoms with van der Waals surface area (Å²) in [6, 6.07) is 22.4. The van der Waals surface area contributed by atoms with Crippen molar-refractivity contribution in [3.8, 4) is 0 Å². The maximum Gasteiger partial charge on any atom is 0.251 e. The van der Waals surface area contributed by atoms with E-state index in [-0.39, 0.29) is 11.9 Å². The molecule has 0 spiro atoms. The lowest BCUT2D eigenvalue weighted by Gasteiger charge is -2.35. The monoisotopic (exact) mass is 438 g/mol. The Hall–Kier alpha value is -2.21. The van der Waals surface area contributed by atoms with Crippen molar-refractivity contribution in [2.24, 2.45) is 0 Å². The molecular formula is C23H23BrN2O2. The third kappa shape index (κ3) is 4.27. The molecule has 1 atom stereocenters. The fourth-order valence-corrected chi connectivity index (χ4v) is 4.19. The molecule has 3 aromatic rings. The van der Waals surface area contributed by atoms with Crippen LogP contribution in [-0.2, 0) is 4.74 Å². The number of carbonyl (C=O) groups is 1. The molecule has 144 valence electrons. The number of hydrogen-bond donors (Lipinski definition) is 1. The Balaban J connectivity index is 1.61. The van der Waals surface area contributed by atoms with Crippen LogP contribution in [0.5, 0.6) is 0 Å². The Morgan fingerprint density at radius 2 is 1.79 bits per heavy atom. The minimum absolute atomic E-state index is 0.0557. The normalized spacial score (nSPS) is 16.0. The van der Waals surface area contributed by atoms with Gasteiger partial charge in [0, 0.05) is 29.7 Å². The molecule has 0 aromatic heterocycles. The second-order valence-corrected chi connectivity index (χ2v) is 7.87. The van der Waals surface area contributed by atoms with E-state index in [1.807, 2.05) is 24.3 Å². The van der Waals surface area contributed by atoms with E-state index < -0.39 is 0 Å². The molecule has 1 aliphatic heterocycles. The number of morpholine rings is 1. The Morgan fingerprint density at radius 1 is 1.04 bits per heavy atom. The zero-order chi connectivity index (χ0) is 19.3. The maximum atomic E-state index is 12.7. The molecule has 1 N–H and O–H groups in total. The quantitative estimate of drug-likeness (QED) is 0.641. The van der Waals surface area contributed by atoms with Crippen molar-refractivity contribution in [2.75, 3.05) is 32.8 Å². The molecule has 4 nitrogen and oxygen atoms in total. The average Bonchev–Trinajstić information content (AvgIpc) is 2.74. The number of rotatable bonds is 5. The predicted octanol–water partition coefficient (Wildman–Crippen LogP) is 4.41. The summed E-state index contributed by atoms with van der Waals surface area (Å²) in [5, 5.41) is 5.60. The van der Waals surface area contributed by atoms with Crippen molar-refractivity contribution in [1.29, 1.82) is 0 Å². The van der Waals surface area contributed by atoms with E-state index in [1.54, 1.807) is 0 Å². The Labute approximate surface area is 173 Å². The first-order valence-corrected chi connectivity index (χ1v) is 10.3. The average molecular weight is 439 g/mol. The van der Waals surface area contributed by atoms with Crippen LogP contribution in [0.3, 0.4) is 0 Å². The number of ether oxygens (including phenoxy) is 1. The van der Waals surface area contributed by atoms with Crippen LogP contribution in [-0.4, -0.2) is 43.7 Å². The zero-order valence-corrected chi connectivity index (χ0v) is 17.2. The van der Waals surface area contributed by atoms with Crippen LogP contribution < -0.4 is 5.32 Å². The Bertz CT molecular complexity index is 964. The summed E-state index contributed by atoms with van der Waals surface area (Å²) in [6.45, 7) is 3.72. The van der Waals surface area contributed by atoms with Crippen molar-refractivity contribution in [3.05, 3.63) is 82.3 Å². The summed E-state index contributed by atoms with van der Waals surface area (Å²) in [5.41, 5.74) is 1.91. The third-order valence-electron chi connectivity index (χ3n) is 5.21. The number of nitrogens with one attached hydrogen (secondary N) is 1. The number of fused-ring (bicyclic) bond motifs is 1. The fraction of sp³-hybridized carbons (Fsp3) is 0.261. The minimum Gasteiger partial charge on any atom is -0.379 e. The second kappa shape index (κ2) is 8.86. The largest absolute Gasteiger partial charge is 0.379 e. The molecule has 28 heavy (non-hydrogen) atoms. The standard InChI is InChI=1S/C23H23BrN2O2/c24-19-8-3-7-18(15-19)23(27)25-16-22(26-11-13-28-14-12-26)21-10-4-6-17-5-1-2-9-20(17)21/h1-10,15,22H,11-14,16H2,(H,25,27)/t22-/m1/s1. The van der Waals surface area contributed by atoms with Crippen LogP contribution in [0.4, 0.5) is 0 Å². The van der Waals surface area contributed by atoms with Crippen molar-refractivity contribution in [2.45, 2.75) is 6.04 Å². The van der Waals surface area contributed by atoms with Gasteiger partial charge >= 0.3 is 0 Å². The second-order valence-electron chi connectivity index (χ2n) is 6.95. The smallest absolute Gasteiger partial charge is 0.251 e. The molecule has 0 bridgehead atoms. The van der Waals surface area contributed by atoms with E-state index in [1.165, 1.54) is 16.3 Å². The van der Waals surface area contributed by atoms with Crippen molar-refractivity contribution in [3.63, 3.8) is 0 Å². The van der Waals surface area contributed by atoms with Gasteiger partial charge in [0.25, 0.3) is 5.91 Å². The maximum absolute atomic E-state index is 12.7. The van der Waals surface area contributed by atoms with E-state index in [9.17, 15) is 4.79 Å². The molecule has 0 radical (unpaired) electrons. The van der Waals surface area contributed by atoms with Crippen LogP contribution in [0.2, 0.25) is 0 Å². The van der Waals surface area contributed by atoms with Gasteiger partial charge in [-0.2, -0.15) is 0 Å². The van der Waals surface area contributed by atoms with E-state index >= 15 is 0 Å². The summed E-state index contributed by atoms with van der Waals surface area (Å²) < 4.78 is 6.45. The molecular weight excluding hydrogens is 416 g/mol. The molecule has 0 aliphatic carbocycles. The van der Waals surface area contributed by atoms with Crippen molar-refractivity contribution in [1.82, 2.24) is 10.2 Å². The van der Waals surface area contributed by atoms with Gasteiger partial charge in [-0.05, 0) is 34.5 Å². The van der Waals surface area contributed by atoms with Crippen LogP contribution in [0.1, 0.15) is 22.0 Å². The van der Waals surface area contributed by atoms with Crippen LogP contribution in [0.15, 0.2) is 71.2 Å². The first kappa shape index (κ1) is 19.1. The van der Waals surface area contributed by atoms with Gasteiger partial charge in [-0.15, -0.1) is 0 Å². The lowest BCUT2D eigenvalue weighted by Crippen LogP contribution is -2.43. The SMILES string of the molecule is O=C(NC[C@H](c1cccc2ccccc12)N1CCOCC1)c1cccc(Br)c1. The first-order valence-electron chi connectivity index (χ1n) is 9.55. The topological polar surface area (TPSA) is 41.6 Å². The zero-order valence-electron chi connectivity index (χ0n) is 15.6. The van der Waals surface area contributed by atoms with E-state index in [4.69, 9.17) is 4.74 Å². The minimum atomic E-state index is -0.0557. The first-order chi connectivity index (χ1) is 13.7. The van der Waals surface area contributed by atoms with Crippen LogP contribution in [0.25, 0.3) is 10.8 Å². The van der Waals surface area contributed by atoms with E-state index in [2.05, 4.69) is 68.6 Å². The lowest BCUT2D eigenvalue weighted by atomic mass is 9.97. The van der Waals surface area contributed by atoms with Gasteiger partial charge in [0.05, 0.1) is 19.3 Å². The Morgan fingerprint density at radius 3 is 2.61 bits per heavy atom. The molecule has 1 fully saturated rings. The fourth-order valence-electron chi connectivity index (χ4n) is 3.79. The van der Waals surface area contributed by atoms with Crippen LogP contribution in [0, 0.1) is 0 Å². The summed E-state index contributed by atoms with van der Waals surface area (Å²) >= 11 is 3.43. The van der Waals surface area contributed by atoms with Gasteiger partial charge in [0.1, 0.15) is 0 Å².